The van der Waals surface area contributed by atoms with Crippen molar-refractivity contribution >= 4 is 23.6 Å². The van der Waals surface area contributed by atoms with Crippen LogP contribution >= 0.6 is 0 Å². The van der Waals surface area contributed by atoms with Crippen molar-refractivity contribution in [3.63, 3.8) is 0 Å². The van der Waals surface area contributed by atoms with Crippen molar-refractivity contribution < 1.29 is 19.1 Å². The highest BCUT2D eigenvalue weighted by Gasteiger charge is 2.56. The van der Waals surface area contributed by atoms with E-state index >= 15 is 0 Å². The van der Waals surface area contributed by atoms with Crippen LogP contribution in [0.5, 0.6) is 0 Å². The molecule has 2 heterocycles. The quantitative estimate of drug-likeness (QED) is 0.513. The van der Waals surface area contributed by atoms with Crippen LogP contribution in [-0.2, 0) is 26.3 Å². The molecule has 1 spiro atoms. The molecular weight excluding hydrogens is 480 g/mol. The first-order chi connectivity index (χ1) is 18.3. The zero-order valence-electron chi connectivity index (χ0n) is 22.4. The molecule has 0 unspecified atom stereocenters. The molecule has 2 aromatic carbocycles. The van der Waals surface area contributed by atoms with E-state index in [9.17, 15) is 19.6 Å². The molecule has 4 rings (SSSR count). The summed E-state index contributed by atoms with van der Waals surface area (Å²) in [5.74, 6) is -0.185. The molecule has 0 aliphatic carbocycles. The average Bonchev–Trinajstić information content (AvgIpc) is 3.45. The Morgan fingerprint density at radius 1 is 1.16 bits per heavy atom. The van der Waals surface area contributed by atoms with Gasteiger partial charge in [-0.3, -0.25) is 14.5 Å². The fourth-order valence-electron chi connectivity index (χ4n) is 5.50. The van der Waals surface area contributed by atoms with Crippen LogP contribution in [-0.4, -0.2) is 52.9 Å². The Morgan fingerprint density at radius 2 is 1.87 bits per heavy atom. The maximum absolute atomic E-state index is 14.2. The number of carbonyl (C=O) groups excluding carboxylic acids is 3. The summed E-state index contributed by atoms with van der Waals surface area (Å²) in [7, 11) is 0. The summed E-state index contributed by atoms with van der Waals surface area (Å²) >= 11 is 0. The molecular formula is C30H36N4O4. The maximum Gasteiger partial charge on any atom is 0.410 e. The van der Waals surface area contributed by atoms with Gasteiger partial charge in [0.2, 0.25) is 11.8 Å². The molecule has 0 aromatic heterocycles. The monoisotopic (exact) mass is 516 g/mol. The molecule has 0 radical (unpaired) electrons. The summed E-state index contributed by atoms with van der Waals surface area (Å²) in [6.07, 6.45) is 1.49. The van der Waals surface area contributed by atoms with Crippen LogP contribution in [0.4, 0.5) is 10.5 Å². The Balaban J connectivity index is 1.61. The second-order valence-electron chi connectivity index (χ2n) is 10.6. The minimum absolute atomic E-state index is 0.101. The number of ether oxygens (including phenoxy) is 1. The minimum Gasteiger partial charge on any atom is -0.445 e. The van der Waals surface area contributed by atoms with E-state index in [1.54, 1.807) is 0 Å². The van der Waals surface area contributed by atoms with E-state index in [0.717, 1.165) is 23.2 Å². The number of anilines is 1. The molecule has 1 N–H and O–H groups in total. The number of fused-ring (bicyclic) bond motifs is 2. The lowest BCUT2D eigenvalue weighted by molar-refractivity contribution is -0.137. The zero-order valence-corrected chi connectivity index (χ0v) is 22.4. The number of hydrogen-bond acceptors (Lipinski definition) is 5. The lowest BCUT2D eigenvalue weighted by atomic mass is 9.80. The molecule has 8 heteroatoms. The third kappa shape index (κ3) is 5.38. The molecule has 2 aliphatic rings. The molecule has 0 bridgehead atoms. The standard InChI is InChI=1S/C30H36N4O4/c1-4-16-33(29(37)38-19-22-10-6-5-7-11-22)26(15-14-21(2)3)27(35)34-20-30(17-23(34)18-31)24-12-8-9-13-25(24)32-28(30)36/h5-13,21,23,26H,4,14-17,19-20H2,1-3H3,(H,32,36)/t23-,26-,30-/m0/s1. The number of nitrogens with zero attached hydrogens (tertiary/aromatic N) is 3. The van der Waals surface area contributed by atoms with E-state index in [0.29, 0.717) is 25.3 Å². The second kappa shape index (κ2) is 11.7. The highest BCUT2D eigenvalue weighted by molar-refractivity contribution is 6.07. The Morgan fingerprint density at radius 3 is 2.55 bits per heavy atom. The summed E-state index contributed by atoms with van der Waals surface area (Å²) in [5.41, 5.74) is 1.42. The van der Waals surface area contributed by atoms with Gasteiger partial charge in [0, 0.05) is 25.2 Å². The van der Waals surface area contributed by atoms with Crippen LogP contribution < -0.4 is 5.32 Å². The Labute approximate surface area is 224 Å². The molecule has 3 amide bonds. The lowest BCUT2D eigenvalue weighted by Crippen LogP contribution is -2.53. The maximum atomic E-state index is 14.2. The van der Waals surface area contributed by atoms with Crippen molar-refractivity contribution in [2.75, 3.05) is 18.4 Å². The predicted octanol–water partition coefficient (Wildman–Crippen LogP) is 4.85. The summed E-state index contributed by atoms with van der Waals surface area (Å²) in [4.78, 5) is 43.7. The SMILES string of the molecule is CCCN(C(=O)OCc1ccccc1)[C@@H](CCC(C)C)C(=O)N1C[C@]2(C[C@H]1C#N)C(=O)Nc1ccccc12. The molecule has 1 saturated heterocycles. The van der Waals surface area contributed by atoms with Crippen molar-refractivity contribution in [3.8, 4) is 6.07 Å². The fourth-order valence-corrected chi connectivity index (χ4v) is 5.50. The van der Waals surface area contributed by atoms with Gasteiger partial charge in [-0.15, -0.1) is 0 Å². The predicted molar refractivity (Wildman–Crippen MR) is 144 cm³/mol. The normalized spacial score (nSPS) is 20.7. The third-order valence-electron chi connectivity index (χ3n) is 7.50. The van der Waals surface area contributed by atoms with Crippen LogP contribution in [0.2, 0.25) is 0 Å². The van der Waals surface area contributed by atoms with Gasteiger partial charge < -0.3 is 15.0 Å². The number of benzene rings is 2. The molecule has 1 fully saturated rings. The fraction of sp³-hybridized carbons (Fsp3) is 0.467. The number of hydrogen-bond donors (Lipinski definition) is 1. The number of nitriles is 1. The molecule has 200 valence electrons. The van der Waals surface area contributed by atoms with E-state index < -0.39 is 23.6 Å². The number of carbonyl (C=O) groups is 3. The first-order valence-corrected chi connectivity index (χ1v) is 13.4. The van der Waals surface area contributed by atoms with E-state index in [1.165, 1.54) is 9.80 Å². The molecule has 2 aliphatic heterocycles. The van der Waals surface area contributed by atoms with Gasteiger partial charge >= 0.3 is 6.09 Å². The molecule has 8 nitrogen and oxygen atoms in total. The smallest absolute Gasteiger partial charge is 0.410 e. The first-order valence-electron chi connectivity index (χ1n) is 13.4. The Bertz CT molecular complexity index is 1210. The Kier molecular flexibility index (Phi) is 8.35. The van der Waals surface area contributed by atoms with Crippen LogP contribution in [0.3, 0.4) is 0 Å². The van der Waals surface area contributed by atoms with Gasteiger partial charge in [0.15, 0.2) is 0 Å². The number of amides is 3. The number of para-hydroxylation sites is 1. The van der Waals surface area contributed by atoms with Gasteiger partial charge in [-0.1, -0.05) is 69.3 Å². The van der Waals surface area contributed by atoms with Gasteiger partial charge in [0.1, 0.15) is 18.7 Å². The summed E-state index contributed by atoms with van der Waals surface area (Å²) < 4.78 is 5.64. The summed E-state index contributed by atoms with van der Waals surface area (Å²) in [5, 5.41) is 13.0. The van der Waals surface area contributed by atoms with Gasteiger partial charge in [-0.25, -0.2) is 4.79 Å². The highest BCUT2D eigenvalue weighted by Crippen LogP contribution is 2.46. The van der Waals surface area contributed by atoms with Crippen molar-refractivity contribution in [1.82, 2.24) is 9.80 Å². The number of likely N-dealkylation sites (tertiary alicyclic amines) is 1. The summed E-state index contributed by atoms with van der Waals surface area (Å²) in [6, 6.07) is 17.5. The van der Waals surface area contributed by atoms with Crippen LogP contribution in [0, 0.1) is 17.2 Å². The largest absolute Gasteiger partial charge is 0.445 e. The minimum atomic E-state index is -0.974. The Hall–Kier alpha value is -3.86. The molecule has 2 aromatic rings. The van der Waals surface area contributed by atoms with E-state index in [4.69, 9.17) is 4.74 Å². The second-order valence-corrected chi connectivity index (χ2v) is 10.6. The van der Waals surface area contributed by atoms with Crippen molar-refractivity contribution in [3.05, 3.63) is 65.7 Å². The van der Waals surface area contributed by atoms with Crippen molar-refractivity contribution in [2.24, 2.45) is 5.92 Å². The van der Waals surface area contributed by atoms with Gasteiger partial charge in [-0.05, 0) is 42.4 Å². The van der Waals surface area contributed by atoms with Gasteiger partial charge in [-0.2, -0.15) is 5.26 Å². The van der Waals surface area contributed by atoms with Gasteiger partial charge in [0.25, 0.3) is 0 Å². The zero-order chi connectivity index (χ0) is 27.3. The highest BCUT2D eigenvalue weighted by atomic mass is 16.6. The third-order valence-corrected chi connectivity index (χ3v) is 7.50. The van der Waals surface area contributed by atoms with Crippen molar-refractivity contribution in [1.29, 1.82) is 5.26 Å². The van der Waals surface area contributed by atoms with Gasteiger partial charge in [0.05, 0.1) is 11.5 Å². The van der Waals surface area contributed by atoms with Crippen LogP contribution in [0.25, 0.3) is 0 Å². The van der Waals surface area contributed by atoms with E-state index in [-0.39, 0.29) is 31.4 Å². The number of rotatable bonds is 9. The molecule has 0 saturated carbocycles. The summed E-state index contributed by atoms with van der Waals surface area (Å²) in [6.45, 7) is 6.65. The molecule has 3 atom stereocenters. The lowest BCUT2D eigenvalue weighted by Gasteiger charge is -2.34. The molecule has 38 heavy (non-hydrogen) atoms. The topological polar surface area (TPSA) is 103 Å². The van der Waals surface area contributed by atoms with E-state index in [2.05, 4.69) is 25.2 Å². The first kappa shape index (κ1) is 27.2. The van der Waals surface area contributed by atoms with Crippen molar-refractivity contribution in [2.45, 2.75) is 70.6 Å². The van der Waals surface area contributed by atoms with Crippen LogP contribution in [0.15, 0.2) is 54.6 Å². The van der Waals surface area contributed by atoms with Crippen LogP contribution in [0.1, 0.15) is 57.6 Å². The van der Waals surface area contributed by atoms with E-state index in [1.807, 2.05) is 61.5 Å². The average molecular weight is 517 g/mol. The number of nitrogens with one attached hydrogen (secondary N) is 1.